The smallest absolute Gasteiger partial charge is 0.407 e. The van der Waals surface area contributed by atoms with Gasteiger partial charge in [-0.1, -0.05) is 75.9 Å². The van der Waals surface area contributed by atoms with Gasteiger partial charge < -0.3 is 29.8 Å². The molecular weight excluding hydrogens is 709 g/mol. The number of nitrogens with one attached hydrogen (secondary N) is 3. The van der Waals surface area contributed by atoms with Crippen molar-refractivity contribution in [3.8, 4) is 33.9 Å². The highest BCUT2D eigenvalue weighted by molar-refractivity contribution is 5.86. The molecule has 2 fully saturated rings. The third-order valence-electron chi connectivity index (χ3n) is 10.7. The van der Waals surface area contributed by atoms with Crippen LogP contribution in [-0.4, -0.2) is 102 Å². The Morgan fingerprint density at radius 1 is 0.768 bits per heavy atom. The molecule has 5 heterocycles. The summed E-state index contributed by atoms with van der Waals surface area (Å²) in [5, 5.41) is 2.55. The van der Waals surface area contributed by atoms with Gasteiger partial charge in [0.2, 0.25) is 11.8 Å². The normalized spacial score (nSPS) is 17.7. The molecule has 2 saturated heterocycles. The molecule has 56 heavy (non-hydrogen) atoms. The highest BCUT2D eigenvalue weighted by Crippen LogP contribution is 2.36. The lowest BCUT2D eigenvalue weighted by molar-refractivity contribution is -0.138. The van der Waals surface area contributed by atoms with Gasteiger partial charge in [0.05, 0.1) is 43.0 Å². The van der Waals surface area contributed by atoms with Crippen LogP contribution in [0.3, 0.4) is 0 Å². The zero-order chi connectivity index (χ0) is 38.5. The predicted molar refractivity (Wildman–Crippen MR) is 214 cm³/mol. The lowest BCUT2D eigenvalue weighted by atomic mass is 10.0. The molecule has 0 unspecified atom stereocenters. The molecule has 5 aromatic rings. The van der Waals surface area contributed by atoms with Crippen molar-refractivity contribution in [3.05, 3.63) is 96.6 Å². The summed E-state index contributed by atoms with van der Waals surface area (Å²) < 4.78 is 4.64. The van der Waals surface area contributed by atoms with Gasteiger partial charge in [0.25, 0.3) is 0 Å². The number of ether oxygens (including phenoxy) is 1. The molecule has 7 rings (SSSR count). The molecule has 0 spiro atoms. The first kappa shape index (κ1) is 39.8. The number of nitrogens with zero attached hydrogens (tertiary/aromatic N) is 7. The van der Waals surface area contributed by atoms with Gasteiger partial charge >= 0.3 is 6.09 Å². The summed E-state index contributed by atoms with van der Waals surface area (Å²) in [6.07, 6.45) is 9.82. The number of H-pyrrole nitrogens is 2. The molecule has 3 N–H and O–H groups in total. The molecule has 294 valence electrons. The Morgan fingerprint density at radius 2 is 1.30 bits per heavy atom. The summed E-state index contributed by atoms with van der Waals surface area (Å²) in [5.74, 6) is 1.99. The lowest BCUT2D eigenvalue weighted by Crippen LogP contribution is -2.46. The molecule has 14 nitrogen and oxygen atoms in total. The highest BCUT2D eigenvalue weighted by Gasteiger charge is 2.38. The molecule has 3 aromatic heterocycles. The number of likely N-dealkylation sites (tertiary alicyclic amines) is 2. The molecule has 2 aliphatic heterocycles. The van der Waals surface area contributed by atoms with Crippen molar-refractivity contribution in [2.45, 2.75) is 78.0 Å². The molecule has 0 aliphatic carbocycles. The number of hydrogen-bond acceptors (Lipinski definition) is 9. The number of carbonyl (C=O) groups is 3. The van der Waals surface area contributed by atoms with Crippen LogP contribution in [0.1, 0.15) is 89.2 Å². The van der Waals surface area contributed by atoms with Crippen molar-refractivity contribution in [1.29, 1.82) is 0 Å². The molecule has 4 atom stereocenters. The number of benzene rings is 2. The van der Waals surface area contributed by atoms with Crippen molar-refractivity contribution < 1.29 is 19.1 Å². The van der Waals surface area contributed by atoms with Gasteiger partial charge in [-0.2, -0.15) is 0 Å². The monoisotopic (exact) mass is 760 g/mol. The largest absolute Gasteiger partial charge is 0.453 e. The first-order chi connectivity index (χ1) is 26.8. The molecule has 2 aliphatic rings. The molecule has 0 radical (unpaired) electrons. The van der Waals surface area contributed by atoms with Crippen molar-refractivity contribution in [3.63, 3.8) is 0 Å². The number of rotatable bonds is 12. The van der Waals surface area contributed by atoms with E-state index in [1.165, 1.54) is 7.11 Å². The molecule has 2 aromatic carbocycles. The quantitative estimate of drug-likeness (QED) is 0.125. The van der Waals surface area contributed by atoms with Gasteiger partial charge in [-0.3, -0.25) is 14.5 Å². The van der Waals surface area contributed by atoms with Crippen LogP contribution in [0.5, 0.6) is 0 Å². The van der Waals surface area contributed by atoms with Crippen molar-refractivity contribution >= 4 is 17.9 Å². The summed E-state index contributed by atoms with van der Waals surface area (Å²) >= 11 is 0. The van der Waals surface area contributed by atoms with E-state index >= 15 is 0 Å². The zero-order valence-electron chi connectivity index (χ0n) is 31.7. The number of amides is 3. The summed E-state index contributed by atoms with van der Waals surface area (Å²) in [5.41, 5.74) is 5.25. The Kier molecular flexibility index (Phi) is 12.6. The number of methoxy groups -OCH3 is 1. The number of aromatic nitrogens is 6. The van der Waals surface area contributed by atoms with Crippen LogP contribution in [-0.2, 0) is 14.3 Å². The molecule has 0 saturated carbocycles. The van der Waals surface area contributed by atoms with Gasteiger partial charge in [-0.05, 0) is 56.8 Å². The Morgan fingerprint density at radius 3 is 1.86 bits per heavy atom. The summed E-state index contributed by atoms with van der Waals surface area (Å²) in [7, 11) is 1.27. The topological polar surface area (TPSA) is 165 Å². The van der Waals surface area contributed by atoms with Gasteiger partial charge in [0, 0.05) is 36.6 Å². The van der Waals surface area contributed by atoms with E-state index in [1.54, 1.807) is 30.4 Å². The number of alkyl carbamates (subject to hydrolysis) is 1. The Hall–Kier alpha value is -5.89. The number of aromatic amines is 2. The SMILES string of the molecule is C.CCN(CC)[C@@H](C(=O)N1CCC[C@H]1c1ncc(-c2ccc(-c3ncc(-c4cnc([C@@H]5CCCN5C(=O)[C@H](C)NC(=O)OC)[nH]4)cn3)cc2)[nH]1)c1ccccc1. The molecular formula is C42H52N10O4. The molecule has 0 bridgehead atoms. The summed E-state index contributed by atoms with van der Waals surface area (Å²) in [6, 6.07) is 16.7. The Bertz CT molecular complexity index is 2080. The van der Waals surface area contributed by atoms with E-state index in [0.717, 1.165) is 78.2 Å². The average Bonchev–Trinajstić information content (AvgIpc) is 4.07. The van der Waals surface area contributed by atoms with Gasteiger partial charge in [-0.25, -0.2) is 24.7 Å². The van der Waals surface area contributed by atoms with Gasteiger partial charge in [-0.15, -0.1) is 0 Å². The fourth-order valence-electron chi connectivity index (χ4n) is 7.79. The third kappa shape index (κ3) is 8.20. The minimum Gasteiger partial charge on any atom is -0.453 e. The number of likely N-dealkylation sites (N-methyl/N-ethyl adjacent to an activating group) is 1. The fourth-order valence-corrected chi connectivity index (χ4v) is 7.79. The maximum atomic E-state index is 14.2. The maximum absolute atomic E-state index is 14.2. The predicted octanol–water partition coefficient (Wildman–Crippen LogP) is 6.71. The summed E-state index contributed by atoms with van der Waals surface area (Å²) in [6.45, 7) is 8.70. The van der Waals surface area contributed by atoms with E-state index in [2.05, 4.69) is 53.7 Å². The minimum absolute atomic E-state index is 0. The Balaban J connectivity index is 0.00000532. The Labute approximate surface area is 328 Å². The van der Waals surface area contributed by atoms with E-state index < -0.39 is 12.1 Å². The number of hydrogen-bond donors (Lipinski definition) is 3. The van der Waals surface area contributed by atoms with E-state index in [0.29, 0.717) is 24.7 Å². The zero-order valence-corrected chi connectivity index (χ0v) is 31.7. The third-order valence-corrected chi connectivity index (χ3v) is 10.7. The lowest BCUT2D eigenvalue weighted by Gasteiger charge is -2.34. The fraction of sp³-hybridized carbons (Fsp3) is 0.405. The van der Waals surface area contributed by atoms with E-state index in [-0.39, 0.29) is 37.4 Å². The first-order valence-corrected chi connectivity index (χ1v) is 19.1. The highest BCUT2D eigenvalue weighted by atomic mass is 16.5. The minimum atomic E-state index is -0.717. The second-order valence-corrected chi connectivity index (χ2v) is 14.0. The van der Waals surface area contributed by atoms with E-state index in [9.17, 15) is 14.4 Å². The first-order valence-electron chi connectivity index (χ1n) is 19.1. The van der Waals surface area contributed by atoms with Crippen molar-refractivity contribution in [1.82, 2.24) is 49.9 Å². The second kappa shape index (κ2) is 17.7. The van der Waals surface area contributed by atoms with Crippen LogP contribution in [0.2, 0.25) is 0 Å². The standard InChI is InChI=1S/C41H48N10O4.CH4/c1-5-49(6-2)35(28-12-8-7-9-13-28)40(53)51-21-11-15-34(51)38-44-24-31(47-38)27-16-18-29(19-17-27)36-42-22-30(23-43-36)32-25-45-37(48-32)33-14-10-20-50(33)39(52)26(3)46-41(54)55-4;/h7-9,12-13,16-19,22-26,33-35H,5-6,10-11,14-15,20-21H2,1-4H3,(H,44,47)(H,45,48)(H,46,54);1H4/t26-,33-,34-,35+;/m0./s1. The average molecular weight is 761 g/mol. The van der Waals surface area contributed by atoms with Crippen LogP contribution in [0.4, 0.5) is 4.79 Å². The van der Waals surface area contributed by atoms with Crippen LogP contribution in [0, 0.1) is 0 Å². The van der Waals surface area contributed by atoms with Crippen LogP contribution in [0.25, 0.3) is 33.9 Å². The number of imidazole rings is 2. The van der Waals surface area contributed by atoms with E-state index in [4.69, 9.17) is 4.98 Å². The van der Waals surface area contributed by atoms with Crippen LogP contribution < -0.4 is 5.32 Å². The van der Waals surface area contributed by atoms with Crippen molar-refractivity contribution in [2.75, 3.05) is 33.3 Å². The van der Waals surface area contributed by atoms with Crippen LogP contribution >= 0.6 is 0 Å². The number of carbonyl (C=O) groups excluding carboxylic acids is 3. The van der Waals surface area contributed by atoms with Crippen LogP contribution in [0.15, 0.2) is 79.4 Å². The summed E-state index contributed by atoms with van der Waals surface area (Å²) in [4.78, 5) is 70.4. The molecule has 14 heteroatoms. The van der Waals surface area contributed by atoms with Gasteiger partial charge in [0.1, 0.15) is 23.7 Å². The molecule has 3 amide bonds. The second-order valence-electron chi connectivity index (χ2n) is 14.0. The van der Waals surface area contributed by atoms with E-state index in [1.807, 2.05) is 65.7 Å². The van der Waals surface area contributed by atoms with Crippen molar-refractivity contribution in [2.24, 2.45) is 0 Å². The van der Waals surface area contributed by atoms with Gasteiger partial charge in [0.15, 0.2) is 5.82 Å². The maximum Gasteiger partial charge on any atom is 0.407 e.